The Morgan fingerprint density at radius 3 is 2.53 bits per heavy atom. The van der Waals surface area contributed by atoms with Gasteiger partial charge in [-0.1, -0.05) is 20.8 Å². The molecule has 1 aromatic rings. The average molecular weight is 239 g/mol. The summed E-state index contributed by atoms with van der Waals surface area (Å²) in [5, 5.41) is 0. The SMILES string of the molecule is CCOCCOc1cc(N)nc(C(C)(C)C)n1. The van der Waals surface area contributed by atoms with E-state index in [0.29, 0.717) is 37.3 Å². The van der Waals surface area contributed by atoms with Crippen LogP contribution < -0.4 is 10.5 Å². The highest BCUT2D eigenvalue weighted by molar-refractivity contribution is 5.34. The van der Waals surface area contributed by atoms with Crippen LogP contribution in [0.4, 0.5) is 5.82 Å². The molecule has 0 aliphatic rings. The van der Waals surface area contributed by atoms with E-state index in [0.717, 1.165) is 0 Å². The minimum Gasteiger partial charge on any atom is -0.475 e. The number of hydrogen-bond acceptors (Lipinski definition) is 5. The van der Waals surface area contributed by atoms with Crippen molar-refractivity contribution in [3.63, 3.8) is 0 Å². The summed E-state index contributed by atoms with van der Waals surface area (Å²) in [5.74, 6) is 1.61. The third kappa shape index (κ3) is 4.56. The lowest BCUT2D eigenvalue weighted by molar-refractivity contribution is 0.108. The van der Waals surface area contributed by atoms with Crippen molar-refractivity contribution in [3.05, 3.63) is 11.9 Å². The van der Waals surface area contributed by atoms with Crippen LogP contribution in [0, 0.1) is 0 Å². The zero-order valence-electron chi connectivity index (χ0n) is 11.0. The van der Waals surface area contributed by atoms with E-state index in [2.05, 4.69) is 9.97 Å². The Morgan fingerprint density at radius 2 is 1.94 bits per heavy atom. The molecule has 0 aliphatic heterocycles. The molecule has 0 aliphatic carbocycles. The van der Waals surface area contributed by atoms with Crippen molar-refractivity contribution in [2.24, 2.45) is 0 Å². The van der Waals surface area contributed by atoms with Gasteiger partial charge in [-0.25, -0.2) is 4.98 Å². The molecule has 0 amide bonds. The van der Waals surface area contributed by atoms with Gasteiger partial charge in [0, 0.05) is 18.1 Å². The van der Waals surface area contributed by atoms with Gasteiger partial charge in [0.05, 0.1) is 6.61 Å². The minimum atomic E-state index is -0.145. The lowest BCUT2D eigenvalue weighted by Gasteiger charge is -2.17. The minimum absolute atomic E-state index is 0.145. The highest BCUT2D eigenvalue weighted by Crippen LogP contribution is 2.21. The second kappa shape index (κ2) is 5.82. The predicted molar refractivity (Wildman–Crippen MR) is 67.1 cm³/mol. The van der Waals surface area contributed by atoms with Crippen LogP contribution in [0.25, 0.3) is 0 Å². The fourth-order valence-electron chi connectivity index (χ4n) is 1.20. The molecule has 5 nitrogen and oxygen atoms in total. The van der Waals surface area contributed by atoms with Crippen molar-refractivity contribution in [2.75, 3.05) is 25.6 Å². The Labute approximate surface area is 102 Å². The molecule has 1 heterocycles. The highest BCUT2D eigenvalue weighted by Gasteiger charge is 2.18. The van der Waals surface area contributed by atoms with Crippen LogP contribution in [0.3, 0.4) is 0 Å². The summed E-state index contributed by atoms with van der Waals surface area (Å²) in [5.41, 5.74) is 5.58. The van der Waals surface area contributed by atoms with E-state index in [9.17, 15) is 0 Å². The summed E-state index contributed by atoms with van der Waals surface area (Å²) in [4.78, 5) is 8.54. The number of hydrogen-bond donors (Lipinski definition) is 1. The van der Waals surface area contributed by atoms with Gasteiger partial charge in [-0.3, -0.25) is 0 Å². The monoisotopic (exact) mass is 239 g/mol. The average Bonchev–Trinajstić information content (AvgIpc) is 2.22. The molecule has 0 saturated carbocycles. The zero-order valence-corrected chi connectivity index (χ0v) is 11.0. The second-order valence-corrected chi connectivity index (χ2v) is 4.75. The maximum atomic E-state index is 5.72. The van der Waals surface area contributed by atoms with Gasteiger partial charge in [-0.2, -0.15) is 4.98 Å². The third-order valence-electron chi connectivity index (χ3n) is 2.08. The molecule has 0 fully saturated rings. The van der Waals surface area contributed by atoms with E-state index in [4.69, 9.17) is 15.2 Å². The number of nitrogens with zero attached hydrogens (tertiary/aromatic N) is 2. The smallest absolute Gasteiger partial charge is 0.218 e. The molecule has 0 radical (unpaired) electrons. The lowest BCUT2D eigenvalue weighted by Crippen LogP contribution is -2.18. The molecule has 0 bridgehead atoms. The van der Waals surface area contributed by atoms with Crippen LogP contribution in [0.2, 0.25) is 0 Å². The van der Waals surface area contributed by atoms with Crippen molar-refractivity contribution in [2.45, 2.75) is 33.1 Å². The molecule has 0 aromatic carbocycles. The van der Waals surface area contributed by atoms with Crippen molar-refractivity contribution < 1.29 is 9.47 Å². The predicted octanol–water partition coefficient (Wildman–Crippen LogP) is 1.77. The van der Waals surface area contributed by atoms with Crippen LogP contribution in [-0.2, 0) is 10.2 Å². The number of nitrogen functional groups attached to an aromatic ring is 1. The number of ether oxygens (including phenoxy) is 2. The molecule has 96 valence electrons. The van der Waals surface area contributed by atoms with Gasteiger partial charge in [-0.05, 0) is 6.92 Å². The summed E-state index contributed by atoms with van der Waals surface area (Å²) in [6.07, 6.45) is 0. The first-order chi connectivity index (χ1) is 7.93. The van der Waals surface area contributed by atoms with Crippen LogP contribution in [0.1, 0.15) is 33.5 Å². The van der Waals surface area contributed by atoms with Gasteiger partial charge in [0.25, 0.3) is 0 Å². The quantitative estimate of drug-likeness (QED) is 0.793. The summed E-state index contributed by atoms with van der Waals surface area (Å²) < 4.78 is 10.7. The molecule has 0 unspecified atom stereocenters. The maximum Gasteiger partial charge on any atom is 0.218 e. The van der Waals surface area contributed by atoms with E-state index in [1.807, 2.05) is 27.7 Å². The van der Waals surface area contributed by atoms with Crippen molar-refractivity contribution >= 4 is 5.82 Å². The Balaban J connectivity index is 2.69. The topological polar surface area (TPSA) is 70.3 Å². The largest absolute Gasteiger partial charge is 0.475 e. The number of rotatable bonds is 5. The Kier molecular flexibility index (Phi) is 4.69. The fourth-order valence-corrected chi connectivity index (χ4v) is 1.20. The molecule has 2 N–H and O–H groups in total. The van der Waals surface area contributed by atoms with Crippen LogP contribution in [0.5, 0.6) is 5.88 Å². The van der Waals surface area contributed by atoms with Crippen molar-refractivity contribution in [1.29, 1.82) is 0 Å². The van der Waals surface area contributed by atoms with E-state index in [1.54, 1.807) is 6.07 Å². The standard InChI is InChI=1S/C12H21N3O2/c1-5-16-6-7-17-10-8-9(13)14-11(15-10)12(2,3)4/h8H,5-7H2,1-4H3,(H2,13,14,15). The van der Waals surface area contributed by atoms with Crippen LogP contribution >= 0.6 is 0 Å². The molecule has 0 spiro atoms. The van der Waals surface area contributed by atoms with E-state index >= 15 is 0 Å². The first-order valence-corrected chi connectivity index (χ1v) is 5.79. The summed E-state index contributed by atoms with van der Waals surface area (Å²) in [6.45, 7) is 9.74. The Hall–Kier alpha value is -1.36. The van der Waals surface area contributed by atoms with Gasteiger partial charge < -0.3 is 15.2 Å². The molecular weight excluding hydrogens is 218 g/mol. The lowest BCUT2D eigenvalue weighted by atomic mass is 9.96. The summed E-state index contributed by atoms with van der Waals surface area (Å²) in [7, 11) is 0. The van der Waals surface area contributed by atoms with Gasteiger partial charge in [0.2, 0.25) is 5.88 Å². The number of nitrogens with two attached hydrogens (primary N) is 1. The number of anilines is 1. The molecule has 17 heavy (non-hydrogen) atoms. The normalized spacial score (nSPS) is 11.5. The molecule has 1 aromatic heterocycles. The van der Waals surface area contributed by atoms with Gasteiger partial charge in [-0.15, -0.1) is 0 Å². The molecule has 0 saturated heterocycles. The first kappa shape index (κ1) is 13.7. The van der Waals surface area contributed by atoms with E-state index in [-0.39, 0.29) is 5.41 Å². The molecule has 1 rings (SSSR count). The molecule has 5 heteroatoms. The first-order valence-electron chi connectivity index (χ1n) is 5.79. The van der Waals surface area contributed by atoms with Gasteiger partial charge in [0.15, 0.2) is 0 Å². The summed E-state index contributed by atoms with van der Waals surface area (Å²) in [6, 6.07) is 1.63. The van der Waals surface area contributed by atoms with Crippen molar-refractivity contribution in [3.8, 4) is 5.88 Å². The van der Waals surface area contributed by atoms with E-state index in [1.165, 1.54) is 0 Å². The van der Waals surface area contributed by atoms with Crippen molar-refractivity contribution in [1.82, 2.24) is 9.97 Å². The third-order valence-corrected chi connectivity index (χ3v) is 2.08. The Morgan fingerprint density at radius 1 is 1.24 bits per heavy atom. The van der Waals surface area contributed by atoms with E-state index < -0.39 is 0 Å². The highest BCUT2D eigenvalue weighted by atomic mass is 16.5. The second-order valence-electron chi connectivity index (χ2n) is 4.75. The summed E-state index contributed by atoms with van der Waals surface area (Å²) >= 11 is 0. The van der Waals surface area contributed by atoms with Crippen LogP contribution in [-0.4, -0.2) is 29.8 Å². The Bertz CT molecular complexity index is 361. The number of aromatic nitrogens is 2. The van der Waals surface area contributed by atoms with Crippen LogP contribution in [0.15, 0.2) is 6.07 Å². The zero-order chi connectivity index (χ0) is 12.9. The maximum absolute atomic E-state index is 5.72. The van der Waals surface area contributed by atoms with Gasteiger partial charge >= 0.3 is 0 Å². The molecular formula is C12H21N3O2. The fraction of sp³-hybridized carbons (Fsp3) is 0.667. The van der Waals surface area contributed by atoms with Gasteiger partial charge in [0.1, 0.15) is 18.2 Å². The molecule has 0 atom stereocenters.